The highest BCUT2D eigenvalue weighted by atomic mass is 35.5. The van der Waals surface area contributed by atoms with Crippen molar-refractivity contribution < 1.29 is 5.11 Å². The summed E-state index contributed by atoms with van der Waals surface area (Å²) in [4.78, 5) is 4.62. The third kappa shape index (κ3) is 3.61. The zero-order valence-corrected chi connectivity index (χ0v) is 13.3. The molecule has 4 heteroatoms. The SMILES string of the molecule is O[C@H](CN1CCN(c2ccccc2Cl)CC1)c1ccccc1. The summed E-state index contributed by atoms with van der Waals surface area (Å²) in [6.07, 6.45) is -0.423. The van der Waals surface area contributed by atoms with E-state index in [0.717, 1.165) is 42.5 Å². The summed E-state index contributed by atoms with van der Waals surface area (Å²) in [6.45, 7) is 4.43. The van der Waals surface area contributed by atoms with Crippen molar-refractivity contribution in [2.24, 2.45) is 0 Å². The molecule has 1 aliphatic rings. The van der Waals surface area contributed by atoms with Crippen molar-refractivity contribution in [3.63, 3.8) is 0 Å². The first kappa shape index (κ1) is 15.3. The normalized spacial score (nSPS) is 17.5. The van der Waals surface area contributed by atoms with Crippen molar-refractivity contribution in [2.75, 3.05) is 37.6 Å². The standard InChI is InChI=1S/C18H21ClN2O/c19-16-8-4-5-9-17(16)21-12-10-20(11-13-21)14-18(22)15-6-2-1-3-7-15/h1-9,18,22H,10-14H2/t18-/m1/s1. The van der Waals surface area contributed by atoms with Crippen LogP contribution in [0.5, 0.6) is 0 Å². The van der Waals surface area contributed by atoms with Gasteiger partial charge in [0, 0.05) is 32.7 Å². The number of nitrogens with zero attached hydrogens (tertiary/aromatic N) is 2. The lowest BCUT2D eigenvalue weighted by Gasteiger charge is -2.37. The summed E-state index contributed by atoms with van der Waals surface area (Å²) in [5.41, 5.74) is 2.09. The van der Waals surface area contributed by atoms with Gasteiger partial charge < -0.3 is 10.0 Å². The molecule has 22 heavy (non-hydrogen) atoms. The lowest BCUT2D eigenvalue weighted by molar-refractivity contribution is 0.109. The number of hydrogen-bond acceptors (Lipinski definition) is 3. The van der Waals surface area contributed by atoms with Gasteiger partial charge in [-0.15, -0.1) is 0 Å². The van der Waals surface area contributed by atoms with Gasteiger partial charge in [-0.3, -0.25) is 4.90 Å². The molecular weight excluding hydrogens is 296 g/mol. The van der Waals surface area contributed by atoms with E-state index in [9.17, 15) is 5.11 Å². The highest BCUT2D eigenvalue weighted by Crippen LogP contribution is 2.26. The van der Waals surface area contributed by atoms with Crippen LogP contribution >= 0.6 is 11.6 Å². The molecule has 0 unspecified atom stereocenters. The van der Waals surface area contributed by atoms with Crippen LogP contribution in [0.15, 0.2) is 54.6 Å². The number of halogens is 1. The van der Waals surface area contributed by atoms with Gasteiger partial charge >= 0.3 is 0 Å². The van der Waals surface area contributed by atoms with Crippen molar-refractivity contribution in [3.05, 3.63) is 65.2 Å². The number of aliphatic hydroxyl groups is 1. The molecule has 1 heterocycles. The van der Waals surface area contributed by atoms with Crippen molar-refractivity contribution in [2.45, 2.75) is 6.10 Å². The Hall–Kier alpha value is -1.55. The molecule has 116 valence electrons. The van der Waals surface area contributed by atoms with E-state index in [0.29, 0.717) is 6.54 Å². The Labute approximate surface area is 136 Å². The molecule has 3 rings (SSSR count). The maximum absolute atomic E-state index is 10.3. The summed E-state index contributed by atoms with van der Waals surface area (Å²) in [7, 11) is 0. The fraction of sp³-hybridized carbons (Fsp3) is 0.333. The van der Waals surface area contributed by atoms with Crippen LogP contribution in [0.2, 0.25) is 5.02 Å². The molecule has 1 aliphatic heterocycles. The van der Waals surface area contributed by atoms with Crippen molar-refractivity contribution in [1.29, 1.82) is 0 Å². The highest BCUT2D eigenvalue weighted by Gasteiger charge is 2.21. The van der Waals surface area contributed by atoms with Gasteiger partial charge in [-0.25, -0.2) is 0 Å². The second kappa shape index (κ2) is 7.14. The summed E-state index contributed by atoms with van der Waals surface area (Å²) >= 11 is 6.26. The van der Waals surface area contributed by atoms with Gasteiger partial charge in [0.2, 0.25) is 0 Å². The van der Waals surface area contributed by atoms with Crippen LogP contribution < -0.4 is 4.90 Å². The smallest absolute Gasteiger partial charge is 0.0916 e. The van der Waals surface area contributed by atoms with Crippen LogP contribution in [0.3, 0.4) is 0 Å². The van der Waals surface area contributed by atoms with Crippen LogP contribution in [-0.2, 0) is 0 Å². The van der Waals surface area contributed by atoms with Gasteiger partial charge in [0.15, 0.2) is 0 Å². The Kier molecular flexibility index (Phi) is 4.98. The predicted molar refractivity (Wildman–Crippen MR) is 91.5 cm³/mol. The van der Waals surface area contributed by atoms with Gasteiger partial charge in [-0.1, -0.05) is 54.1 Å². The number of anilines is 1. The molecule has 0 saturated carbocycles. The summed E-state index contributed by atoms with van der Waals surface area (Å²) in [5, 5.41) is 11.1. The van der Waals surface area contributed by atoms with Crippen LogP contribution in [0.25, 0.3) is 0 Å². The molecule has 0 aromatic heterocycles. The molecule has 0 spiro atoms. The topological polar surface area (TPSA) is 26.7 Å². The van der Waals surface area contributed by atoms with E-state index >= 15 is 0 Å². The van der Waals surface area contributed by atoms with E-state index in [2.05, 4.69) is 15.9 Å². The van der Waals surface area contributed by atoms with Gasteiger partial charge in [-0.2, -0.15) is 0 Å². The third-order valence-corrected chi connectivity index (χ3v) is 4.50. The maximum Gasteiger partial charge on any atom is 0.0916 e. The monoisotopic (exact) mass is 316 g/mol. The maximum atomic E-state index is 10.3. The van der Waals surface area contributed by atoms with Gasteiger partial charge in [0.05, 0.1) is 16.8 Å². The minimum Gasteiger partial charge on any atom is -0.387 e. The zero-order valence-electron chi connectivity index (χ0n) is 12.5. The molecule has 0 aliphatic carbocycles. The number of aliphatic hydroxyl groups excluding tert-OH is 1. The molecular formula is C18H21ClN2O. The van der Waals surface area contributed by atoms with Crippen LogP contribution in [0.4, 0.5) is 5.69 Å². The third-order valence-electron chi connectivity index (χ3n) is 4.18. The average Bonchev–Trinajstić information content (AvgIpc) is 2.57. The quantitative estimate of drug-likeness (QED) is 0.938. The van der Waals surface area contributed by atoms with Gasteiger partial charge in [0.1, 0.15) is 0 Å². The fourth-order valence-electron chi connectivity index (χ4n) is 2.90. The first-order chi connectivity index (χ1) is 10.7. The zero-order chi connectivity index (χ0) is 15.4. The minimum absolute atomic E-state index is 0.423. The molecule has 2 aromatic carbocycles. The largest absolute Gasteiger partial charge is 0.387 e. The number of para-hydroxylation sites is 1. The number of hydrogen-bond donors (Lipinski definition) is 1. The van der Waals surface area contributed by atoms with Crippen LogP contribution in [-0.4, -0.2) is 42.7 Å². The fourth-order valence-corrected chi connectivity index (χ4v) is 3.16. The van der Waals surface area contributed by atoms with E-state index < -0.39 is 6.10 Å². The average molecular weight is 317 g/mol. The lowest BCUT2D eigenvalue weighted by Crippen LogP contribution is -2.47. The Bertz CT molecular complexity index is 597. The molecule has 0 amide bonds. The van der Waals surface area contributed by atoms with E-state index in [1.54, 1.807) is 0 Å². The Morgan fingerprint density at radius 2 is 1.55 bits per heavy atom. The molecule has 0 radical (unpaired) electrons. The number of β-amino-alcohol motifs (C(OH)–C–C–N with tert-alkyl or cyclic N) is 1. The van der Waals surface area contributed by atoms with Crippen LogP contribution in [0, 0.1) is 0 Å². The van der Waals surface area contributed by atoms with Crippen molar-refractivity contribution in [1.82, 2.24) is 4.90 Å². The number of rotatable bonds is 4. The van der Waals surface area contributed by atoms with Crippen molar-refractivity contribution >= 4 is 17.3 Å². The summed E-state index contributed by atoms with van der Waals surface area (Å²) < 4.78 is 0. The van der Waals surface area contributed by atoms with Crippen LogP contribution in [0.1, 0.15) is 11.7 Å². The Morgan fingerprint density at radius 1 is 0.909 bits per heavy atom. The molecule has 0 bridgehead atoms. The molecule has 1 saturated heterocycles. The molecule has 1 atom stereocenters. The first-order valence-electron chi connectivity index (χ1n) is 7.69. The summed E-state index contributed by atoms with van der Waals surface area (Å²) in [5.74, 6) is 0. The lowest BCUT2D eigenvalue weighted by atomic mass is 10.1. The number of benzene rings is 2. The molecule has 2 aromatic rings. The van der Waals surface area contributed by atoms with E-state index in [-0.39, 0.29) is 0 Å². The van der Waals surface area contributed by atoms with E-state index in [1.165, 1.54) is 0 Å². The minimum atomic E-state index is -0.423. The molecule has 1 N–H and O–H groups in total. The van der Waals surface area contributed by atoms with Gasteiger partial charge in [-0.05, 0) is 17.7 Å². The van der Waals surface area contributed by atoms with E-state index in [4.69, 9.17) is 11.6 Å². The number of piperazine rings is 1. The first-order valence-corrected chi connectivity index (χ1v) is 8.06. The Balaban J connectivity index is 1.55. The highest BCUT2D eigenvalue weighted by molar-refractivity contribution is 6.33. The Morgan fingerprint density at radius 3 is 2.23 bits per heavy atom. The second-order valence-electron chi connectivity index (χ2n) is 5.67. The van der Waals surface area contributed by atoms with Gasteiger partial charge in [0.25, 0.3) is 0 Å². The second-order valence-corrected chi connectivity index (χ2v) is 6.07. The molecule has 1 fully saturated rings. The predicted octanol–water partition coefficient (Wildman–Crippen LogP) is 3.20. The molecule has 3 nitrogen and oxygen atoms in total. The van der Waals surface area contributed by atoms with E-state index in [1.807, 2.05) is 48.5 Å². The summed E-state index contributed by atoms with van der Waals surface area (Å²) in [6, 6.07) is 17.8. The van der Waals surface area contributed by atoms with Crippen molar-refractivity contribution in [3.8, 4) is 0 Å².